The number of carboxylic acid groups (broad SMARTS) is 1. The van der Waals surface area contributed by atoms with Crippen molar-refractivity contribution >= 4 is 5.97 Å². The van der Waals surface area contributed by atoms with Crippen molar-refractivity contribution in [3.05, 3.63) is 95.1 Å². The van der Waals surface area contributed by atoms with E-state index in [4.69, 9.17) is 0 Å². The van der Waals surface area contributed by atoms with E-state index >= 15 is 0 Å². The molecule has 0 radical (unpaired) electrons. The van der Waals surface area contributed by atoms with Crippen LogP contribution < -0.4 is 0 Å². The van der Waals surface area contributed by atoms with E-state index in [1.165, 1.54) is 0 Å². The van der Waals surface area contributed by atoms with Crippen LogP contribution in [-0.2, 0) is 10.4 Å². The number of likely N-dealkylation sites (tertiary alicyclic amines) is 1. The first-order chi connectivity index (χ1) is 17.7. The highest BCUT2D eigenvalue weighted by Crippen LogP contribution is 2.42. The van der Waals surface area contributed by atoms with Gasteiger partial charge >= 0.3 is 5.97 Å². The van der Waals surface area contributed by atoms with Gasteiger partial charge in [0.15, 0.2) is 0 Å². The molecule has 0 bridgehead atoms. The molecule has 0 spiro atoms. The molecule has 1 aliphatic heterocycles. The molecule has 198 valence electrons. The fourth-order valence-electron chi connectivity index (χ4n) is 5.88. The third kappa shape index (κ3) is 6.06. The van der Waals surface area contributed by atoms with Gasteiger partial charge in [0.2, 0.25) is 0 Å². The molecule has 2 aromatic rings. The standard InChI is InChI=1S/C32H41NO4/c1-31(2,30(35)36)25-17-15-24(16-18-25)29(34)14-9-21-33-22-19-28(20-23-33)32(37,26-10-5-3-6-11-26)27-12-7-4-8-13-27/h3-8,10-13,15,17,28-29,34,37H,9,14,16,18-23H2,1-2H3,(H,35,36). The second-order valence-corrected chi connectivity index (χ2v) is 11.1. The average molecular weight is 504 g/mol. The zero-order chi connectivity index (χ0) is 26.5. The van der Waals surface area contributed by atoms with E-state index < -0.39 is 23.1 Å². The minimum Gasteiger partial charge on any atom is -0.481 e. The number of hydrogen-bond acceptors (Lipinski definition) is 4. The van der Waals surface area contributed by atoms with Crippen LogP contribution in [-0.4, -0.2) is 51.9 Å². The largest absolute Gasteiger partial charge is 0.481 e. The summed E-state index contributed by atoms with van der Waals surface area (Å²) in [6.07, 6.45) is 8.17. The summed E-state index contributed by atoms with van der Waals surface area (Å²) in [5, 5.41) is 32.3. The number of carbonyl (C=O) groups is 1. The van der Waals surface area contributed by atoms with Gasteiger partial charge in [-0.05, 0) is 94.6 Å². The molecule has 2 aliphatic rings. The van der Waals surface area contributed by atoms with Gasteiger partial charge < -0.3 is 20.2 Å². The van der Waals surface area contributed by atoms with Gasteiger partial charge in [-0.25, -0.2) is 0 Å². The van der Waals surface area contributed by atoms with Crippen LogP contribution in [0.3, 0.4) is 0 Å². The van der Waals surface area contributed by atoms with E-state index in [1.807, 2.05) is 72.8 Å². The van der Waals surface area contributed by atoms with Gasteiger partial charge in [-0.3, -0.25) is 4.79 Å². The zero-order valence-electron chi connectivity index (χ0n) is 22.1. The molecular weight excluding hydrogens is 462 g/mol. The Balaban J connectivity index is 1.30. The molecule has 1 fully saturated rings. The zero-order valence-corrected chi connectivity index (χ0v) is 22.1. The maximum absolute atomic E-state index is 12.1. The van der Waals surface area contributed by atoms with Crippen LogP contribution in [0.4, 0.5) is 0 Å². The Morgan fingerprint density at radius 2 is 1.51 bits per heavy atom. The summed E-state index contributed by atoms with van der Waals surface area (Å²) in [5.41, 5.74) is 1.94. The molecule has 0 aromatic heterocycles. The second kappa shape index (κ2) is 11.8. The van der Waals surface area contributed by atoms with Crippen molar-refractivity contribution < 1.29 is 20.1 Å². The van der Waals surface area contributed by atoms with Crippen LogP contribution in [0.2, 0.25) is 0 Å². The van der Waals surface area contributed by atoms with Gasteiger partial charge in [-0.1, -0.05) is 78.4 Å². The summed E-state index contributed by atoms with van der Waals surface area (Å²) < 4.78 is 0. The molecule has 0 amide bonds. The number of benzene rings is 2. The van der Waals surface area contributed by atoms with Crippen LogP contribution in [0.25, 0.3) is 0 Å². The predicted molar refractivity (Wildman–Crippen MR) is 147 cm³/mol. The fourth-order valence-corrected chi connectivity index (χ4v) is 5.88. The monoisotopic (exact) mass is 503 g/mol. The molecule has 1 heterocycles. The Kier molecular flexibility index (Phi) is 8.68. The van der Waals surface area contributed by atoms with E-state index in [9.17, 15) is 20.1 Å². The lowest BCUT2D eigenvalue weighted by atomic mass is 9.72. The third-order valence-corrected chi connectivity index (χ3v) is 8.51. The number of nitrogens with zero attached hydrogens (tertiary/aromatic N) is 1. The van der Waals surface area contributed by atoms with Gasteiger partial charge in [-0.2, -0.15) is 0 Å². The fraction of sp³-hybridized carbons (Fsp3) is 0.469. The predicted octanol–water partition coefficient (Wildman–Crippen LogP) is 5.53. The normalized spacial score (nSPS) is 18.7. The summed E-state index contributed by atoms with van der Waals surface area (Å²) in [4.78, 5) is 14.0. The Labute approximate surface area is 221 Å². The SMILES string of the molecule is CC(C)(C(=O)O)C1=CC=C(C(O)CCCN2CCC(C(O)(c3ccccc3)c3ccccc3)CC2)CC1. The van der Waals surface area contributed by atoms with Gasteiger partial charge in [0.05, 0.1) is 11.5 Å². The van der Waals surface area contributed by atoms with Crippen LogP contribution in [0.5, 0.6) is 0 Å². The molecule has 0 saturated carbocycles. The highest BCUT2D eigenvalue weighted by atomic mass is 16.4. The number of carboxylic acids is 1. The highest BCUT2D eigenvalue weighted by Gasteiger charge is 2.41. The molecule has 1 unspecified atom stereocenters. The van der Waals surface area contributed by atoms with Crippen molar-refractivity contribution in [1.82, 2.24) is 4.90 Å². The Bertz CT molecular complexity index is 1060. The minimum absolute atomic E-state index is 0.141. The van der Waals surface area contributed by atoms with E-state index in [2.05, 4.69) is 4.90 Å². The first-order valence-electron chi connectivity index (χ1n) is 13.6. The number of rotatable bonds is 10. The molecule has 3 N–H and O–H groups in total. The van der Waals surface area contributed by atoms with E-state index in [0.29, 0.717) is 19.3 Å². The average Bonchev–Trinajstić information content (AvgIpc) is 2.94. The van der Waals surface area contributed by atoms with Crippen molar-refractivity contribution in [2.45, 2.75) is 64.1 Å². The number of piperidine rings is 1. The second-order valence-electron chi connectivity index (χ2n) is 11.1. The van der Waals surface area contributed by atoms with Gasteiger partial charge in [0.1, 0.15) is 5.60 Å². The number of aliphatic hydroxyl groups excluding tert-OH is 1. The highest BCUT2D eigenvalue weighted by molar-refractivity contribution is 5.77. The summed E-state index contributed by atoms with van der Waals surface area (Å²) in [7, 11) is 0. The molecule has 1 saturated heterocycles. The lowest BCUT2D eigenvalue weighted by Gasteiger charge is -2.42. The lowest BCUT2D eigenvalue weighted by molar-refractivity contribution is -0.144. The van der Waals surface area contributed by atoms with Crippen molar-refractivity contribution in [3.63, 3.8) is 0 Å². The summed E-state index contributed by atoms with van der Waals surface area (Å²) in [6, 6.07) is 20.1. The summed E-state index contributed by atoms with van der Waals surface area (Å²) in [5.74, 6) is -0.673. The number of hydrogen-bond donors (Lipinski definition) is 3. The van der Waals surface area contributed by atoms with Gasteiger partial charge in [0, 0.05) is 0 Å². The Morgan fingerprint density at radius 3 is 2.00 bits per heavy atom. The summed E-state index contributed by atoms with van der Waals surface area (Å²) in [6.45, 7) is 6.27. The number of aliphatic hydroxyl groups is 2. The molecule has 5 nitrogen and oxygen atoms in total. The molecule has 4 rings (SSSR count). The molecule has 5 heteroatoms. The molecule has 37 heavy (non-hydrogen) atoms. The van der Waals surface area contributed by atoms with Crippen LogP contribution in [0.15, 0.2) is 84.0 Å². The molecule has 2 aromatic carbocycles. The van der Waals surface area contributed by atoms with Crippen molar-refractivity contribution in [1.29, 1.82) is 0 Å². The Hall–Kier alpha value is -2.73. The van der Waals surface area contributed by atoms with Crippen molar-refractivity contribution in [2.75, 3.05) is 19.6 Å². The minimum atomic E-state index is -1.00. The Morgan fingerprint density at radius 1 is 0.946 bits per heavy atom. The van der Waals surface area contributed by atoms with Gasteiger partial charge in [0.25, 0.3) is 0 Å². The quantitative estimate of drug-likeness (QED) is 0.397. The first-order valence-corrected chi connectivity index (χ1v) is 13.6. The molecule has 1 atom stereocenters. The van der Waals surface area contributed by atoms with E-state index in [-0.39, 0.29) is 5.92 Å². The van der Waals surface area contributed by atoms with Gasteiger partial charge in [-0.15, -0.1) is 0 Å². The van der Waals surface area contributed by atoms with E-state index in [1.54, 1.807) is 13.8 Å². The molecule has 1 aliphatic carbocycles. The van der Waals surface area contributed by atoms with Crippen molar-refractivity contribution in [2.24, 2.45) is 11.3 Å². The maximum atomic E-state index is 12.1. The molecular formula is C32H41NO4. The number of aliphatic carboxylic acids is 1. The smallest absolute Gasteiger partial charge is 0.313 e. The maximum Gasteiger partial charge on any atom is 0.313 e. The van der Waals surface area contributed by atoms with Crippen LogP contribution in [0.1, 0.15) is 63.5 Å². The first kappa shape index (κ1) is 27.3. The topological polar surface area (TPSA) is 81.0 Å². The van der Waals surface area contributed by atoms with Crippen molar-refractivity contribution in [3.8, 4) is 0 Å². The lowest BCUT2D eigenvalue weighted by Crippen LogP contribution is -2.44. The van der Waals surface area contributed by atoms with Crippen LogP contribution in [0, 0.1) is 11.3 Å². The third-order valence-electron chi connectivity index (χ3n) is 8.51. The van der Waals surface area contributed by atoms with Crippen LogP contribution >= 0.6 is 0 Å². The summed E-state index contributed by atoms with van der Waals surface area (Å²) >= 11 is 0. The van der Waals surface area contributed by atoms with E-state index in [0.717, 1.165) is 61.2 Å². The number of allylic oxidation sites excluding steroid dienone is 2.